The minimum absolute atomic E-state index is 0.141. The third kappa shape index (κ3) is 13.9. The van der Waals surface area contributed by atoms with Crippen LogP contribution in [-0.2, 0) is 0 Å². The maximum Gasteiger partial charge on any atom is 0.0691 e. The molecule has 3 fully saturated rings. The summed E-state index contributed by atoms with van der Waals surface area (Å²) >= 11 is 0. The van der Waals surface area contributed by atoms with E-state index in [0.29, 0.717) is 12.1 Å². The summed E-state index contributed by atoms with van der Waals surface area (Å²) in [5.74, 6) is 0.825. The number of unbranched alkanes of at least 4 members (excludes halogenated alkanes) is 14. The Kier molecular flexibility index (Phi) is 17.8. The van der Waals surface area contributed by atoms with Crippen molar-refractivity contribution in [3.05, 3.63) is 11.6 Å². The highest BCUT2D eigenvalue weighted by Crippen LogP contribution is 2.35. The number of hydrogen-bond acceptors (Lipinski definition) is 5. The van der Waals surface area contributed by atoms with Gasteiger partial charge in [-0.2, -0.15) is 0 Å². The van der Waals surface area contributed by atoms with Gasteiger partial charge in [0, 0.05) is 36.8 Å². The van der Waals surface area contributed by atoms with Crippen LogP contribution in [0.1, 0.15) is 181 Å². The zero-order chi connectivity index (χ0) is 31.7. The standard InChI is InChI=1S/C40H75N3O2/c1-32-39(44)27-25-36(41-32)22-17-13-9-5-3-7-11-15-20-34-30-35(38-24-19-29-43(38)31-34)21-16-12-8-4-6-10-14-18-23-37-26-28-40(45)33(2)42-37/h30,32-33,35-42,44-45H,3-29,31H2,1-2H3/t32-,33-,35+,36+,37+,38-,39-,40-/m0/s1. The highest BCUT2D eigenvalue weighted by Gasteiger charge is 2.34. The van der Waals surface area contributed by atoms with Crippen molar-refractivity contribution in [3.8, 4) is 0 Å². The van der Waals surface area contributed by atoms with Crippen LogP contribution < -0.4 is 10.6 Å². The van der Waals surface area contributed by atoms with Gasteiger partial charge in [0.05, 0.1) is 12.2 Å². The Morgan fingerprint density at radius 1 is 0.600 bits per heavy atom. The quantitative estimate of drug-likeness (QED) is 0.0712. The third-order valence-electron chi connectivity index (χ3n) is 12.2. The van der Waals surface area contributed by atoms with Crippen LogP contribution in [0.2, 0.25) is 0 Å². The molecular formula is C40H75N3O2. The monoisotopic (exact) mass is 630 g/mol. The van der Waals surface area contributed by atoms with E-state index in [4.69, 9.17) is 0 Å². The Morgan fingerprint density at radius 3 is 1.58 bits per heavy atom. The molecule has 0 aliphatic carbocycles. The fraction of sp³-hybridized carbons (Fsp3) is 0.950. The summed E-state index contributed by atoms with van der Waals surface area (Å²) in [5.41, 5.74) is 1.77. The molecule has 0 bridgehead atoms. The average Bonchev–Trinajstić information content (AvgIpc) is 3.51. The van der Waals surface area contributed by atoms with Crippen molar-refractivity contribution in [2.45, 2.75) is 223 Å². The lowest BCUT2D eigenvalue weighted by atomic mass is 9.85. The lowest BCUT2D eigenvalue weighted by molar-refractivity contribution is 0.0848. The van der Waals surface area contributed by atoms with Gasteiger partial charge in [-0.1, -0.05) is 108 Å². The Hall–Kier alpha value is -0.460. The van der Waals surface area contributed by atoms with Gasteiger partial charge in [-0.05, 0) is 96.9 Å². The molecule has 0 spiro atoms. The SMILES string of the molecule is C[C@@H]1N[C@H](CCCCCCCCCCC2=C[C@@H](CCCCCCCCCC[C@@H]3CC[C@H](O)[C@H](C)N3)[C@@H]3CCCN3C2)CC[C@@H]1O. The van der Waals surface area contributed by atoms with E-state index in [1.807, 2.05) is 0 Å². The maximum atomic E-state index is 9.89. The predicted molar refractivity (Wildman–Crippen MR) is 192 cm³/mol. The lowest BCUT2D eigenvalue weighted by Gasteiger charge is -2.36. The second-order valence-electron chi connectivity index (χ2n) is 16.0. The minimum atomic E-state index is -0.142. The number of hydrogen-bond donors (Lipinski definition) is 4. The molecule has 0 aromatic heterocycles. The van der Waals surface area contributed by atoms with E-state index in [-0.39, 0.29) is 24.3 Å². The van der Waals surface area contributed by atoms with Gasteiger partial charge in [0.25, 0.3) is 0 Å². The van der Waals surface area contributed by atoms with Gasteiger partial charge >= 0.3 is 0 Å². The predicted octanol–water partition coefficient (Wildman–Crippen LogP) is 8.81. The summed E-state index contributed by atoms with van der Waals surface area (Å²) in [6.07, 6.45) is 37.4. The van der Waals surface area contributed by atoms with Crippen molar-refractivity contribution in [2.24, 2.45) is 5.92 Å². The molecule has 4 aliphatic rings. The van der Waals surface area contributed by atoms with Gasteiger partial charge in [-0.3, -0.25) is 4.90 Å². The van der Waals surface area contributed by atoms with Crippen LogP contribution in [0.15, 0.2) is 11.6 Å². The molecule has 4 N–H and O–H groups in total. The van der Waals surface area contributed by atoms with E-state index >= 15 is 0 Å². The summed E-state index contributed by atoms with van der Waals surface area (Å²) in [5, 5.41) is 27.0. The van der Waals surface area contributed by atoms with Crippen LogP contribution in [0.25, 0.3) is 0 Å². The van der Waals surface area contributed by atoms with Gasteiger partial charge in [0.1, 0.15) is 0 Å². The Bertz CT molecular complexity index is 804. The zero-order valence-electron chi connectivity index (χ0n) is 29.8. The molecule has 4 aliphatic heterocycles. The van der Waals surface area contributed by atoms with Gasteiger partial charge in [-0.25, -0.2) is 0 Å². The molecule has 0 unspecified atom stereocenters. The van der Waals surface area contributed by atoms with Crippen LogP contribution >= 0.6 is 0 Å². The Balaban J connectivity index is 0.963. The molecule has 0 aromatic carbocycles. The first kappa shape index (κ1) is 37.4. The second-order valence-corrected chi connectivity index (χ2v) is 16.0. The molecule has 5 heteroatoms. The van der Waals surface area contributed by atoms with Crippen molar-refractivity contribution in [1.82, 2.24) is 15.5 Å². The fourth-order valence-electron chi connectivity index (χ4n) is 9.17. The molecular weight excluding hydrogens is 554 g/mol. The lowest BCUT2D eigenvalue weighted by Crippen LogP contribution is -2.48. The first-order valence-corrected chi connectivity index (χ1v) is 20.3. The fourth-order valence-corrected chi connectivity index (χ4v) is 9.17. The molecule has 262 valence electrons. The van der Waals surface area contributed by atoms with Gasteiger partial charge < -0.3 is 20.8 Å². The zero-order valence-corrected chi connectivity index (χ0v) is 29.8. The molecule has 3 saturated heterocycles. The van der Waals surface area contributed by atoms with E-state index in [2.05, 4.69) is 35.5 Å². The Labute approximate surface area is 279 Å². The highest BCUT2D eigenvalue weighted by molar-refractivity contribution is 5.15. The molecule has 4 rings (SSSR count). The first-order chi connectivity index (χ1) is 22.0. The van der Waals surface area contributed by atoms with Gasteiger partial charge in [0.2, 0.25) is 0 Å². The number of rotatable bonds is 22. The highest BCUT2D eigenvalue weighted by atomic mass is 16.3. The molecule has 45 heavy (non-hydrogen) atoms. The van der Waals surface area contributed by atoms with Crippen molar-refractivity contribution < 1.29 is 10.2 Å². The van der Waals surface area contributed by atoms with Gasteiger partial charge in [0.15, 0.2) is 0 Å². The van der Waals surface area contributed by atoms with E-state index in [9.17, 15) is 10.2 Å². The Morgan fingerprint density at radius 2 is 1.07 bits per heavy atom. The second kappa shape index (κ2) is 21.5. The van der Waals surface area contributed by atoms with Crippen molar-refractivity contribution in [1.29, 1.82) is 0 Å². The summed E-state index contributed by atoms with van der Waals surface area (Å²) in [7, 11) is 0. The molecule has 4 heterocycles. The van der Waals surface area contributed by atoms with Crippen LogP contribution in [0.5, 0.6) is 0 Å². The summed E-state index contributed by atoms with van der Waals surface area (Å²) in [4.78, 5) is 2.84. The molecule has 0 saturated carbocycles. The van der Waals surface area contributed by atoms with Crippen LogP contribution in [0.3, 0.4) is 0 Å². The number of fused-ring (bicyclic) bond motifs is 1. The van der Waals surface area contributed by atoms with E-state index in [0.717, 1.165) is 37.6 Å². The minimum Gasteiger partial charge on any atom is -0.392 e. The smallest absolute Gasteiger partial charge is 0.0691 e. The normalized spacial score (nSPS) is 32.5. The summed E-state index contributed by atoms with van der Waals surface area (Å²) in [6, 6.07) is 2.66. The average molecular weight is 630 g/mol. The van der Waals surface area contributed by atoms with Crippen molar-refractivity contribution in [3.63, 3.8) is 0 Å². The van der Waals surface area contributed by atoms with Crippen molar-refractivity contribution >= 4 is 0 Å². The summed E-state index contributed by atoms with van der Waals surface area (Å²) < 4.78 is 0. The number of nitrogens with zero attached hydrogens (tertiary/aromatic N) is 1. The number of aliphatic hydroxyl groups is 2. The van der Waals surface area contributed by atoms with Crippen molar-refractivity contribution in [2.75, 3.05) is 13.1 Å². The molecule has 0 amide bonds. The number of aliphatic hydroxyl groups excluding tert-OH is 2. The molecule has 8 atom stereocenters. The molecule has 5 nitrogen and oxygen atoms in total. The van der Waals surface area contributed by atoms with Crippen LogP contribution in [-0.4, -0.2) is 70.6 Å². The first-order valence-electron chi connectivity index (χ1n) is 20.3. The number of piperidine rings is 2. The molecule has 0 radical (unpaired) electrons. The largest absolute Gasteiger partial charge is 0.392 e. The van der Waals surface area contributed by atoms with E-state index < -0.39 is 0 Å². The van der Waals surface area contributed by atoms with Crippen LogP contribution in [0, 0.1) is 5.92 Å². The molecule has 0 aromatic rings. The van der Waals surface area contributed by atoms with Crippen LogP contribution in [0.4, 0.5) is 0 Å². The van der Waals surface area contributed by atoms with E-state index in [1.165, 1.54) is 154 Å². The third-order valence-corrected chi connectivity index (χ3v) is 12.2. The topological polar surface area (TPSA) is 67.8 Å². The maximum absolute atomic E-state index is 9.89. The van der Waals surface area contributed by atoms with E-state index in [1.54, 1.807) is 5.57 Å². The van der Waals surface area contributed by atoms with Gasteiger partial charge in [-0.15, -0.1) is 0 Å². The number of nitrogens with one attached hydrogen (secondary N) is 2. The summed E-state index contributed by atoms with van der Waals surface area (Å²) in [6.45, 7) is 6.86.